The van der Waals surface area contributed by atoms with Crippen molar-refractivity contribution in [3.05, 3.63) is 23.3 Å². The summed E-state index contributed by atoms with van der Waals surface area (Å²) in [4.78, 5) is 12.0. The molecule has 19 heavy (non-hydrogen) atoms. The monoisotopic (exact) mass is 265 g/mol. The molecule has 5 heteroatoms. The molecule has 1 aliphatic heterocycles. The fraction of sp³-hybridized carbons (Fsp3) is 0.500. The summed E-state index contributed by atoms with van der Waals surface area (Å²) in [6.07, 6.45) is 2.01. The summed E-state index contributed by atoms with van der Waals surface area (Å²) in [6.45, 7) is 0.942. The molecule has 0 bridgehead atoms. The molecule has 1 aromatic rings. The zero-order chi connectivity index (χ0) is 13.8. The largest absolute Gasteiger partial charge is 0.493 e. The van der Waals surface area contributed by atoms with Crippen molar-refractivity contribution >= 4 is 5.91 Å². The van der Waals surface area contributed by atoms with Gasteiger partial charge in [-0.3, -0.25) is 4.79 Å². The summed E-state index contributed by atoms with van der Waals surface area (Å²) in [5, 5.41) is 4.81. The van der Waals surface area contributed by atoms with Crippen molar-refractivity contribution in [2.75, 3.05) is 27.8 Å². The van der Waals surface area contributed by atoms with E-state index in [1.54, 1.807) is 21.3 Å². The SMILES string of the molecule is CNC(=O)[C@H]1[NH2+]CCCc2cc(OC)c(OC)cc21. The van der Waals surface area contributed by atoms with Gasteiger partial charge in [0.1, 0.15) is 0 Å². The quantitative estimate of drug-likeness (QED) is 0.808. The number of hydrogen-bond acceptors (Lipinski definition) is 3. The Morgan fingerprint density at radius 3 is 2.63 bits per heavy atom. The van der Waals surface area contributed by atoms with Crippen LogP contribution in [0.15, 0.2) is 12.1 Å². The molecular weight excluding hydrogens is 244 g/mol. The van der Waals surface area contributed by atoms with Crippen molar-refractivity contribution in [2.45, 2.75) is 18.9 Å². The molecule has 1 aliphatic rings. The Kier molecular flexibility index (Phi) is 4.27. The predicted octanol–water partition coefficient (Wildman–Crippen LogP) is 0.000500. The number of methoxy groups -OCH3 is 2. The van der Waals surface area contributed by atoms with Gasteiger partial charge in [-0.05, 0) is 24.1 Å². The molecule has 0 saturated heterocycles. The van der Waals surface area contributed by atoms with E-state index in [-0.39, 0.29) is 11.9 Å². The summed E-state index contributed by atoms with van der Waals surface area (Å²) < 4.78 is 10.7. The van der Waals surface area contributed by atoms with Gasteiger partial charge >= 0.3 is 0 Å². The molecule has 1 heterocycles. The third-order valence-corrected chi connectivity index (χ3v) is 3.56. The Hall–Kier alpha value is -1.75. The van der Waals surface area contributed by atoms with Crippen LogP contribution in [0.3, 0.4) is 0 Å². The van der Waals surface area contributed by atoms with Crippen LogP contribution in [0.4, 0.5) is 0 Å². The lowest BCUT2D eigenvalue weighted by atomic mass is 9.97. The van der Waals surface area contributed by atoms with Gasteiger partial charge < -0.3 is 20.1 Å². The number of likely N-dealkylation sites (N-methyl/N-ethyl adjacent to an activating group) is 1. The van der Waals surface area contributed by atoms with Gasteiger partial charge in [0.05, 0.1) is 20.8 Å². The highest BCUT2D eigenvalue weighted by atomic mass is 16.5. The van der Waals surface area contributed by atoms with E-state index in [4.69, 9.17) is 9.47 Å². The van der Waals surface area contributed by atoms with E-state index in [1.165, 1.54) is 5.56 Å². The average Bonchev–Trinajstić information content (AvgIpc) is 2.66. The fourth-order valence-electron chi connectivity index (χ4n) is 2.55. The van der Waals surface area contributed by atoms with Crippen LogP contribution in [0.5, 0.6) is 11.5 Å². The second-order valence-corrected chi connectivity index (χ2v) is 4.63. The van der Waals surface area contributed by atoms with Gasteiger partial charge in [0.25, 0.3) is 5.91 Å². The molecule has 5 nitrogen and oxygen atoms in total. The van der Waals surface area contributed by atoms with E-state index in [2.05, 4.69) is 10.6 Å². The maximum atomic E-state index is 12.0. The average molecular weight is 265 g/mol. The third-order valence-electron chi connectivity index (χ3n) is 3.56. The first-order valence-corrected chi connectivity index (χ1v) is 6.51. The number of benzene rings is 1. The third kappa shape index (κ3) is 2.66. The molecule has 0 unspecified atom stereocenters. The minimum atomic E-state index is -0.206. The summed E-state index contributed by atoms with van der Waals surface area (Å²) in [7, 11) is 4.91. The Labute approximate surface area is 113 Å². The van der Waals surface area contributed by atoms with E-state index >= 15 is 0 Å². The van der Waals surface area contributed by atoms with Crippen LogP contribution in [-0.4, -0.2) is 33.7 Å². The highest BCUT2D eigenvalue weighted by molar-refractivity contribution is 5.82. The molecule has 1 amide bonds. The molecule has 0 aromatic heterocycles. The maximum absolute atomic E-state index is 12.0. The molecule has 0 radical (unpaired) electrons. The fourth-order valence-corrected chi connectivity index (χ4v) is 2.55. The molecule has 1 atom stereocenters. The summed E-state index contributed by atoms with van der Waals surface area (Å²) in [6, 6.07) is 3.71. The first-order chi connectivity index (χ1) is 9.21. The first-order valence-electron chi connectivity index (χ1n) is 6.51. The van der Waals surface area contributed by atoms with E-state index in [0.29, 0.717) is 5.75 Å². The van der Waals surface area contributed by atoms with Crippen LogP contribution in [0.1, 0.15) is 23.6 Å². The van der Waals surface area contributed by atoms with Crippen LogP contribution in [0.2, 0.25) is 0 Å². The number of fused-ring (bicyclic) bond motifs is 1. The highest BCUT2D eigenvalue weighted by Crippen LogP contribution is 2.33. The van der Waals surface area contributed by atoms with Gasteiger partial charge in [0.15, 0.2) is 17.5 Å². The van der Waals surface area contributed by atoms with Crippen molar-refractivity contribution in [2.24, 2.45) is 0 Å². The van der Waals surface area contributed by atoms with Crippen molar-refractivity contribution in [3.63, 3.8) is 0 Å². The molecule has 2 rings (SSSR count). The molecule has 1 aromatic carbocycles. The Morgan fingerprint density at radius 1 is 1.32 bits per heavy atom. The number of ether oxygens (including phenoxy) is 2. The zero-order valence-electron chi connectivity index (χ0n) is 11.7. The molecular formula is C14H21N2O3+. The number of amides is 1. The second-order valence-electron chi connectivity index (χ2n) is 4.63. The summed E-state index contributed by atoms with van der Waals surface area (Å²) >= 11 is 0. The van der Waals surface area contributed by atoms with Crippen LogP contribution >= 0.6 is 0 Å². The number of rotatable bonds is 3. The van der Waals surface area contributed by atoms with Gasteiger partial charge in [0, 0.05) is 19.0 Å². The van der Waals surface area contributed by atoms with Gasteiger partial charge in [0.2, 0.25) is 0 Å². The second kappa shape index (κ2) is 5.93. The topological polar surface area (TPSA) is 64.2 Å². The molecule has 3 N–H and O–H groups in total. The molecule has 0 aliphatic carbocycles. The van der Waals surface area contributed by atoms with Crippen LogP contribution in [0.25, 0.3) is 0 Å². The van der Waals surface area contributed by atoms with E-state index in [9.17, 15) is 4.79 Å². The first kappa shape index (κ1) is 13.7. The number of nitrogens with one attached hydrogen (secondary N) is 1. The van der Waals surface area contributed by atoms with Crippen molar-refractivity contribution in [3.8, 4) is 11.5 Å². The molecule has 104 valence electrons. The lowest BCUT2D eigenvalue weighted by Crippen LogP contribution is -2.87. The Balaban J connectivity index is 2.50. The van der Waals surface area contributed by atoms with E-state index in [1.807, 2.05) is 12.1 Å². The van der Waals surface area contributed by atoms with Crippen molar-refractivity contribution in [1.82, 2.24) is 5.32 Å². The number of quaternary nitrogens is 1. The number of carbonyl (C=O) groups is 1. The van der Waals surface area contributed by atoms with E-state index < -0.39 is 0 Å². The van der Waals surface area contributed by atoms with Crippen LogP contribution in [0, 0.1) is 0 Å². The van der Waals surface area contributed by atoms with Gasteiger partial charge in [-0.1, -0.05) is 0 Å². The van der Waals surface area contributed by atoms with Crippen molar-refractivity contribution < 1.29 is 19.6 Å². The summed E-state index contributed by atoms with van der Waals surface area (Å²) in [5.41, 5.74) is 2.19. The van der Waals surface area contributed by atoms with Crippen molar-refractivity contribution in [1.29, 1.82) is 0 Å². The molecule has 0 saturated carbocycles. The number of aryl methyl sites for hydroxylation is 1. The van der Waals surface area contributed by atoms with Gasteiger partial charge in [-0.15, -0.1) is 0 Å². The minimum Gasteiger partial charge on any atom is -0.493 e. The number of carbonyl (C=O) groups excluding carboxylic acids is 1. The normalized spacial score (nSPS) is 18.2. The lowest BCUT2D eigenvalue weighted by Gasteiger charge is -2.17. The molecule has 0 spiro atoms. The molecule has 0 fully saturated rings. The highest BCUT2D eigenvalue weighted by Gasteiger charge is 2.29. The Bertz CT molecular complexity index is 474. The van der Waals surface area contributed by atoms with Gasteiger partial charge in [-0.25, -0.2) is 0 Å². The Morgan fingerprint density at radius 2 is 2.00 bits per heavy atom. The smallest absolute Gasteiger partial charge is 0.282 e. The predicted molar refractivity (Wildman–Crippen MR) is 71.5 cm³/mol. The van der Waals surface area contributed by atoms with Crippen LogP contribution in [-0.2, 0) is 11.2 Å². The maximum Gasteiger partial charge on any atom is 0.282 e. The summed E-state index contributed by atoms with van der Waals surface area (Å²) in [5.74, 6) is 1.42. The lowest BCUT2D eigenvalue weighted by molar-refractivity contribution is -0.682. The zero-order valence-corrected chi connectivity index (χ0v) is 11.7. The van der Waals surface area contributed by atoms with Gasteiger partial charge in [-0.2, -0.15) is 0 Å². The van der Waals surface area contributed by atoms with E-state index in [0.717, 1.165) is 30.7 Å². The number of nitrogens with two attached hydrogens (primary N) is 1. The standard InChI is InChI=1S/C14H20N2O3/c1-15-14(17)13-10-8-12(19-3)11(18-2)7-9(10)5-4-6-16-13/h7-8,13,16H,4-6H2,1-3H3,(H,15,17)/p+1/t13-/m0/s1. The minimum absolute atomic E-state index is 0.0235. The van der Waals surface area contributed by atoms with Crippen LogP contribution < -0.4 is 20.1 Å². The number of hydrogen-bond donors (Lipinski definition) is 2.